The maximum Gasteiger partial charge on any atom is 0.166 e. The molecule has 0 bridgehead atoms. The monoisotopic (exact) mass is 368 g/mol. The number of rotatable bonds is 7. The van der Waals surface area contributed by atoms with E-state index in [1.165, 1.54) is 12.1 Å². The van der Waals surface area contributed by atoms with Gasteiger partial charge in [0.1, 0.15) is 12.1 Å². The number of halogens is 1. The third-order valence-corrected chi connectivity index (χ3v) is 5.45. The Balaban J connectivity index is 1.53. The van der Waals surface area contributed by atoms with Crippen LogP contribution in [0.25, 0.3) is 0 Å². The quantitative estimate of drug-likeness (QED) is 0.602. The highest BCUT2D eigenvalue weighted by molar-refractivity contribution is 5.97. The van der Waals surface area contributed by atoms with Gasteiger partial charge in [0.05, 0.1) is 5.54 Å². The molecule has 0 saturated carbocycles. The molecule has 27 heavy (non-hydrogen) atoms. The normalized spacial score (nSPS) is 18.0. The number of likely N-dealkylation sites (tertiary alicyclic amines) is 1. The number of Topliss-reactive ketones (excluding diaryl/α,β-unsaturated/α-hetero) is 1. The van der Waals surface area contributed by atoms with Crippen LogP contribution >= 0.6 is 0 Å². The van der Waals surface area contributed by atoms with E-state index < -0.39 is 5.54 Å². The third-order valence-electron chi connectivity index (χ3n) is 5.45. The summed E-state index contributed by atoms with van der Waals surface area (Å²) >= 11 is 0. The summed E-state index contributed by atoms with van der Waals surface area (Å²) in [6.45, 7) is 2.30. The Labute approximate surface area is 159 Å². The maximum absolute atomic E-state index is 13.0. The lowest BCUT2D eigenvalue weighted by molar-refractivity contribution is -0.112. The predicted octanol–water partition coefficient (Wildman–Crippen LogP) is 3.16. The van der Waals surface area contributed by atoms with Crippen LogP contribution < -0.4 is 5.73 Å². The molecule has 0 spiro atoms. The summed E-state index contributed by atoms with van der Waals surface area (Å²) in [5.74, 6) is -0.283. The van der Waals surface area contributed by atoms with E-state index >= 15 is 0 Å². The number of carbonyl (C=O) groups excluding carboxylic acids is 2. The highest BCUT2D eigenvalue weighted by atomic mass is 19.1. The summed E-state index contributed by atoms with van der Waals surface area (Å²) in [6.07, 6.45) is 2.89. The minimum Gasteiger partial charge on any atom is -0.315 e. The van der Waals surface area contributed by atoms with E-state index in [4.69, 9.17) is 5.73 Å². The van der Waals surface area contributed by atoms with Crippen LogP contribution in [0.3, 0.4) is 0 Å². The fourth-order valence-electron chi connectivity index (χ4n) is 3.63. The number of carbonyl (C=O) groups is 2. The standard InChI is InChI=1S/C22H25FN2O2/c23-20-8-6-17(7-9-20)21(27)18-10-13-25(14-11-18)15-12-22(24,16-26)19-4-2-1-3-5-19/h1-9,16,18H,10-15,24H2. The Kier molecular flexibility index (Phi) is 6.14. The van der Waals surface area contributed by atoms with E-state index in [2.05, 4.69) is 4.90 Å². The number of piperidine rings is 1. The van der Waals surface area contributed by atoms with Crippen LogP contribution in [-0.4, -0.2) is 36.6 Å². The Morgan fingerprint density at radius 3 is 2.33 bits per heavy atom. The summed E-state index contributed by atoms with van der Waals surface area (Å²) in [4.78, 5) is 26.4. The minimum atomic E-state index is -0.984. The zero-order chi connectivity index (χ0) is 19.3. The first-order valence-corrected chi connectivity index (χ1v) is 9.35. The lowest BCUT2D eigenvalue weighted by atomic mass is 9.87. The minimum absolute atomic E-state index is 0.0328. The number of nitrogens with zero attached hydrogens (tertiary/aromatic N) is 1. The van der Waals surface area contributed by atoms with Crippen molar-refractivity contribution in [2.45, 2.75) is 24.8 Å². The molecular formula is C22H25FN2O2. The molecule has 0 aliphatic carbocycles. The molecule has 4 nitrogen and oxygen atoms in total. The molecule has 1 aliphatic heterocycles. The van der Waals surface area contributed by atoms with Crippen molar-refractivity contribution in [3.8, 4) is 0 Å². The highest BCUT2D eigenvalue weighted by Crippen LogP contribution is 2.25. The van der Waals surface area contributed by atoms with Crippen LogP contribution in [0.5, 0.6) is 0 Å². The molecule has 1 heterocycles. The first-order chi connectivity index (χ1) is 13.0. The summed E-state index contributed by atoms with van der Waals surface area (Å²) in [5, 5.41) is 0. The molecule has 0 amide bonds. The van der Waals surface area contributed by atoms with E-state index in [1.54, 1.807) is 12.1 Å². The molecule has 0 aromatic heterocycles. The number of aldehydes is 1. The van der Waals surface area contributed by atoms with E-state index in [0.717, 1.165) is 37.8 Å². The van der Waals surface area contributed by atoms with Gasteiger partial charge >= 0.3 is 0 Å². The van der Waals surface area contributed by atoms with Crippen LogP contribution in [0.2, 0.25) is 0 Å². The van der Waals surface area contributed by atoms with Gasteiger partial charge in [-0.15, -0.1) is 0 Å². The predicted molar refractivity (Wildman–Crippen MR) is 103 cm³/mol. The van der Waals surface area contributed by atoms with Gasteiger partial charge in [-0.25, -0.2) is 4.39 Å². The molecule has 142 valence electrons. The van der Waals surface area contributed by atoms with Gasteiger partial charge in [-0.1, -0.05) is 30.3 Å². The van der Waals surface area contributed by atoms with Gasteiger partial charge in [0, 0.05) is 18.0 Å². The molecule has 1 aliphatic rings. The number of ketones is 1. The van der Waals surface area contributed by atoms with Gasteiger partial charge in [-0.3, -0.25) is 4.79 Å². The summed E-state index contributed by atoms with van der Waals surface area (Å²) in [7, 11) is 0. The Bertz CT molecular complexity index is 771. The Morgan fingerprint density at radius 1 is 1.11 bits per heavy atom. The smallest absolute Gasteiger partial charge is 0.166 e. The molecule has 2 aromatic carbocycles. The zero-order valence-electron chi connectivity index (χ0n) is 15.3. The van der Waals surface area contributed by atoms with Gasteiger partial charge in [0.2, 0.25) is 0 Å². The molecule has 1 fully saturated rings. The molecular weight excluding hydrogens is 343 g/mol. The molecule has 1 unspecified atom stereocenters. The van der Waals surface area contributed by atoms with E-state index in [-0.39, 0.29) is 17.5 Å². The van der Waals surface area contributed by atoms with Crippen molar-refractivity contribution in [3.05, 3.63) is 71.5 Å². The van der Waals surface area contributed by atoms with Gasteiger partial charge in [-0.2, -0.15) is 0 Å². The number of hydrogen-bond donors (Lipinski definition) is 1. The second-order valence-corrected chi connectivity index (χ2v) is 7.26. The average molecular weight is 368 g/mol. The van der Waals surface area contributed by atoms with E-state index in [1.807, 2.05) is 30.3 Å². The van der Waals surface area contributed by atoms with Gasteiger partial charge in [0.15, 0.2) is 5.78 Å². The van der Waals surface area contributed by atoms with Crippen molar-refractivity contribution < 1.29 is 14.0 Å². The Hall–Kier alpha value is -2.37. The van der Waals surface area contributed by atoms with Crippen LogP contribution in [-0.2, 0) is 10.3 Å². The Morgan fingerprint density at radius 2 is 1.74 bits per heavy atom. The summed E-state index contributed by atoms with van der Waals surface area (Å²) in [5.41, 5.74) is 6.73. The zero-order valence-corrected chi connectivity index (χ0v) is 15.3. The van der Waals surface area contributed by atoms with Crippen molar-refractivity contribution in [2.75, 3.05) is 19.6 Å². The van der Waals surface area contributed by atoms with Crippen LogP contribution in [0.4, 0.5) is 4.39 Å². The average Bonchev–Trinajstić information content (AvgIpc) is 2.73. The molecule has 0 radical (unpaired) electrons. The molecule has 1 atom stereocenters. The first-order valence-electron chi connectivity index (χ1n) is 9.35. The molecule has 3 rings (SSSR count). The van der Waals surface area contributed by atoms with Crippen molar-refractivity contribution in [1.82, 2.24) is 4.90 Å². The van der Waals surface area contributed by atoms with Crippen LogP contribution in [0.15, 0.2) is 54.6 Å². The largest absolute Gasteiger partial charge is 0.315 e. The topological polar surface area (TPSA) is 63.4 Å². The van der Waals surface area contributed by atoms with Crippen LogP contribution in [0, 0.1) is 11.7 Å². The van der Waals surface area contributed by atoms with Crippen molar-refractivity contribution in [1.29, 1.82) is 0 Å². The molecule has 5 heteroatoms. The lowest BCUT2D eigenvalue weighted by Crippen LogP contribution is -2.44. The SMILES string of the molecule is NC(C=O)(CCN1CCC(C(=O)c2ccc(F)cc2)CC1)c1ccccc1. The van der Waals surface area contributed by atoms with E-state index in [9.17, 15) is 14.0 Å². The van der Waals surface area contributed by atoms with Crippen LogP contribution in [0.1, 0.15) is 35.2 Å². The van der Waals surface area contributed by atoms with Gasteiger partial charge in [0.25, 0.3) is 0 Å². The van der Waals surface area contributed by atoms with Crippen molar-refractivity contribution >= 4 is 12.1 Å². The lowest BCUT2D eigenvalue weighted by Gasteiger charge is -2.33. The summed E-state index contributed by atoms with van der Waals surface area (Å²) in [6, 6.07) is 15.2. The highest BCUT2D eigenvalue weighted by Gasteiger charge is 2.30. The van der Waals surface area contributed by atoms with Crippen molar-refractivity contribution in [3.63, 3.8) is 0 Å². The first kappa shape index (κ1) is 19.4. The fraction of sp³-hybridized carbons (Fsp3) is 0.364. The second-order valence-electron chi connectivity index (χ2n) is 7.26. The fourth-order valence-corrected chi connectivity index (χ4v) is 3.63. The molecule has 2 aromatic rings. The molecule has 1 saturated heterocycles. The maximum atomic E-state index is 13.0. The number of hydrogen-bond acceptors (Lipinski definition) is 4. The third kappa shape index (κ3) is 4.67. The number of nitrogens with two attached hydrogens (primary N) is 1. The van der Waals surface area contributed by atoms with Crippen molar-refractivity contribution in [2.24, 2.45) is 11.7 Å². The second kappa shape index (κ2) is 8.55. The summed E-state index contributed by atoms with van der Waals surface area (Å²) < 4.78 is 13.0. The number of benzene rings is 2. The van der Waals surface area contributed by atoms with E-state index in [0.29, 0.717) is 18.5 Å². The molecule has 2 N–H and O–H groups in total. The van der Waals surface area contributed by atoms with Gasteiger partial charge in [-0.05, 0) is 62.2 Å². The van der Waals surface area contributed by atoms with Gasteiger partial charge < -0.3 is 15.4 Å².